The molecular formula is C28H28N6O4S. The molecule has 0 saturated heterocycles. The summed E-state index contributed by atoms with van der Waals surface area (Å²) in [6, 6.07) is 12.6. The highest BCUT2D eigenvalue weighted by Crippen LogP contribution is 2.42. The number of hydrogen-bond donors (Lipinski definition) is 2. The molecule has 0 radical (unpaired) electrons. The van der Waals surface area contributed by atoms with Gasteiger partial charge < -0.3 is 19.4 Å². The summed E-state index contributed by atoms with van der Waals surface area (Å²) in [6.07, 6.45) is 6.12. The van der Waals surface area contributed by atoms with Gasteiger partial charge in [-0.15, -0.1) is 21.5 Å². The summed E-state index contributed by atoms with van der Waals surface area (Å²) in [4.78, 5) is 30.7. The minimum atomic E-state index is -0.924. The summed E-state index contributed by atoms with van der Waals surface area (Å²) >= 11 is 1.39. The lowest BCUT2D eigenvalue weighted by molar-refractivity contribution is -0.129. The number of aromatic nitrogens is 4. The third-order valence-corrected chi connectivity index (χ3v) is 7.68. The van der Waals surface area contributed by atoms with Gasteiger partial charge in [-0.25, -0.2) is 4.98 Å². The number of rotatable bonds is 8. The molecule has 39 heavy (non-hydrogen) atoms. The number of anilines is 1. The lowest BCUT2D eigenvalue weighted by Gasteiger charge is -2.18. The van der Waals surface area contributed by atoms with Crippen molar-refractivity contribution in [2.75, 3.05) is 12.4 Å². The van der Waals surface area contributed by atoms with Gasteiger partial charge in [-0.1, -0.05) is 0 Å². The zero-order chi connectivity index (χ0) is 27.0. The van der Waals surface area contributed by atoms with Crippen LogP contribution in [0.15, 0.2) is 48.7 Å². The summed E-state index contributed by atoms with van der Waals surface area (Å²) in [5.41, 5.74) is 0.363. The van der Waals surface area contributed by atoms with Crippen molar-refractivity contribution in [1.29, 1.82) is 0 Å². The largest absolute Gasteiger partial charge is 0.477 e. The van der Waals surface area contributed by atoms with Crippen molar-refractivity contribution < 1.29 is 19.1 Å². The maximum absolute atomic E-state index is 13.1. The van der Waals surface area contributed by atoms with Crippen LogP contribution >= 0.6 is 11.3 Å². The van der Waals surface area contributed by atoms with E-state index >= 15 is 0 Å². The predicted molar refractivity (Wildman–Crippen MR) is 146 cm³/mol. The van der Waals surface area contributed by atoms with Crippen LogP contribution in [0, 0.1) is 6.92 Å². The maximum Gasteiger partial charge on any atom is 0.263 e. The van der Waals surface area contributed by atoms with Crippen LogP contribution < -0.4 is 20.1 Å². The number of nitrogens with one attached hydrogen (secondary N) is 2. The Morgan fingerprint density at radius 3 is 2.54 bits per heavy atom. The standard InChI is InChI=1S/C28H28N6O4S/c1-17-16-30-27(39-17)31-25(35)19-13-21(15-22(14-19)38-28(10-11-28)26(36)29-2)37-20-8-6-18(7-9-20)24-33-32-23-5-3-4-12-34(23)24/h6-9,13-16H,3-5,10-12H2,1-2H3,(H,29,36)(H,30,31,35). The summed E-state index contributed by atoms with van der Waals surface area (Å²) in [5, 5.41) is 14.7. The van der Waals surface area contributed by atoms with E-state index in [0.717, 1.165) is 47.9 Å². The molecule has 0 spiro atoms. The first kappa shape index (κ1) is 25.1. The number of aryl methyl sites for hydroxylation is 2. The van der Waals surface area contributed by atoms with Crippen LogP contribution in [0.5, 0.6) is 17.2 Å². The first-order chi connectivity index (χ1) is 18.9. The molecule has 1 aliphatic heterocycles. The second kappa shape index (κ2) is 10.1. The van der Waals surface area contributed by atoms with Gasteiger partial charge in [-0.2, -0.15) is 0 Å². The van der Waals surface area contributed by atoms with Crippen molar-refractivity contribution in [2.45, 2.75) is 51.2 Å². The van der Waals surface area contributed by atoms with E-state index in [2.05, 4.69) is 30.4 Å². The number of carbonyl (C=O) groups is 2. The van der Waals surface area contributed by atoms with Gasteiger partial charge in [0.05, 0.1) is 0 Å². The van der Waals surface area contributed by atoms with Crippen molar-refractivity contribution in [3.8, 4) is 28.6 Å². The Balaban J connectivity index is 1.26. The van der Waals surface area contributed by atoms with Crippen LogP contribution in [0.2, 0.25) is 0 Å². The Bertz CT molecular complexity index is 1540. The number of amides is 2. The number of nitrogens with zero attached hydrogens (tertiary/aromatic N) is 4. The average Bonchev–Trinajstić information content (AvgIpc) is 3.40. The van der Waals surface area contributed by atoms with Gasteiger partial charge in [-0.3, -0.25) is 14.9 Å². The summed E-state index contributed by atoms with van der Waals surface area (Å²) in [6.45, 7) is 2.84. The molecule has 200 valence electrons. The third-order valence-electron chi connectivity index (χ3n) is 6.85. The van der Waals surface area contributed by atoms with Gasteiger partial charge in [0.25, 0.3) is 11.8 Å². The fourth-order valence-electron chi connectivity index (χ4n) is 4.67. The first-order valence-corrected chi connectivity index (χ1v) is 13.7. The Kier molecular flexibility index (Phi) is 6.51. The highest BCUT2D eigenvalue weighted by Gasteiger charge is 2.52. The van der Waals surface area contributed by atoms with Gasteiger partial charge in [0, 0.05) is 61.1 Å². The maximum atomic E-state index is 13.1. The number of thiazole rings is 1. The molecule has 6 rings (SSSR count). The minimum absolute atomic E-state index is 0.190. The molecular weight excluding hydrogens is 516 g/mol. The first-order valence-electron chi connectivity index (χ1n) is 12.9. The van der Waals surface area contributed by atoms with Crippen molar-refractivity contribution in [3.63, 3.8) is 0 Å². The topological polar surface area (TPSA) is 120 Å². The molecule has 1 saturated carbocycles. The van der Waals surface area contributed by atoms with Crippen LogP contribution in [-0.2, 0) is 17.8 Å². The average molecular weight is 545 g/mol. The van der Waals surface area contributed by atoms with E-state index in [1.165, 1.54) is 11.3 Å². The van der Waals surface area contributed by atoms with Crippen LogP contribution in [-0.4, -0.2) is 44.2 Å². The zero-order valence-corrected chi connectivity index (χ0v) is 22.5. The molecule has 3 heterocycles. The van der Waals surface area contributed by atoms with Gasteiger partial charge in [0.1, 0.15) is 23.1 Å². The molecule has 2 aliphatic rings. The van der Waals surface area contributed by atoms with Gasteiger partial charge >= 0.3 is 0 Å². The van der Waals surface area contributed by atoms with Crippen LogP contribution in [0.25, 0.3) is 11.4 Å². The molecule has 2 aromatic heterocycles. The Morgan fingerprint density at radius 2 is 1.82 bits per heavy atom. The molecule has 0 unspecified atom stereocenters. The molecule has 1 fully saturated rings. The molecule has 1 aliphatic carbocycles. The number of ether oxygens (including phenoxy) is 2. The highest BCUT2D eigenvalue weighted by atomic mass is 32.1. The molecule has 10 nitrogen and oxygen atoms in total. The number of carbonyl (C=O) groups excluding carboxylic acids is 2. The van der Waals surface area contributed by atoms with Crippen molar-refractivity contribution in [3.05, 3.63) is 64.9 Å². The normalized spacial score (nSPS) is 15.2. The fourth-order valence-corrected chi connectivity index (χ4v) is 5.33. The van der Waals surface area contributed by atoms with E-state index < -0.39 is 5.60 Å². The molecule has 0 bridgehead atoms. The number of benzene rings is 2. The van der Waals surface area contributed by atoms with Crippen LogP contribution in [0.1, 0.15) is 46.7 Å². The van der Waals surface area contributed by atoms with E-state index in [4.69, 9.17) is 9.47 Å². The molecule has 11 heteroatoms. The monoisotopic (exact) mass is 544 g/mol. The van der Waals surface area contributed by atoms with Crippen molar-refractivity contribution in [1.82, 2.24) is 25.1 Å². The van der Waals surface area contributed by atoms with Gasteiger partial charge in [-0.05, 0) is 56.2 Å². The van der Waals surface area contributed by atoms with Crippen molar-refractivity contribution in [2.24, 2.45) is 0 Å². The SMILES string of the molecule is CNC(=O)C1(Oc2cc(Oc3ccc(-c4nnc5n4CCCC5)cc3)cc(C(=O)Nc3ncc(C)s3)c2)CC1. The molecule has 0 atom stereocenters. The van der Waals surface area contributed by atoms with Crippen molar-refractivity contribution >= 4 is 28.3 Å². The highest BCUT2D eigenvalue weighted by molar-refractivity contribution is 7.15. The Labute approximate surface area is 229 Å². The Hall–Kier alpha value is -4.25. The lowest BCUT2D eigenvalue weighted by Crippen LogP contribution is -2.38. The number of hydrogen-bond acceptors (Lipinski definition) is 8. The number of fused-ring (bicyclic) bond motifs is 1. The van der Waals surface area contributed by atoms with E-state index in [1.54, 1.807) is 31.4 Å². The molecule has 2 aromatic carbocycles. The van der Waals surface area contributed by atoms with Crippen LogP contribution in [0.4, 0.5) is 5.13 Å². The Morgan fingerprint density at radius 1 is 1.03 bits per heavy atom. The summed E-state index contributed by atoms with van der Waals surface area (Å²) < 4.78 is 14.4. The second-order valence-corrected chi connectivity index (χ2v) is 11.0. The quantitative estimate of drug-likeness (QED) is 0.328. The van der Waals surface area contributed by atoms with E-state index in [9.17, 15) is 9.59 Å². The second-order valence-electron chi connectivity index (χ2n) is 9.77. The van der Waals surface area contributed by atoms with Gasteiger partial charge in [0.15, 0.2) is 16.6 Å². The fraction of sp³-hybridized carbons (Fsp3) is 0.321. The molecule has 4 aromatic rings. The summed E-state index contributed by atoms with van der Waals surface area (Å²) in [7, 11) is 1.58. The van der Waals surface area contributed by atoms with Crippen LogP contribution in [0.3, 0.4) is 0 Å². The third kappa shape index (κ3) is 5.22. The smallest absolute Gasteiger partial charge is 0.263 e. The van der Waals surface area contributed by atoms with E-state index in [0.29, 0.717) is 40.8 Å². The van der Waals surface area contributed by atoms with E-state index in [1.807, 2.05) is 31.2 Å². The number of likely N-dealkylation sites (N-methyl/N-ethyl adjacent to an activating group) is 1. The summed E-state index contributed by atoms with van der Waals surface area (Å²) in [5.74, 6) is 2.71. The minimum Gasteiger partial charge on any atom is -0.477 e. The molecule has 2 N–H and O–H groups in total. The predicted octanol–water partition coefficient (Wildman–Crippen LogP) is 4.75. The molecule has 2 amide bonds. The van der Waals surface area contributed by atoms with E-state index in [-0.39, 0.29) is 11.8 Å². The van der Waals surface area contributed by atoms with Gasteiger partial charge in [0.2, 0.25) is 0 Å². The lowest BCUT2D eigenvalue weighted by atomic mass is 10.1. The zero-order valence-electron chi connectivity index (χ0n) is 21.7.